The Morgan fingerprint density at radius 3 is 2.69 bits per heavy atom. The van der Waals surface area contributed by atoms with E-state index < -0.39 is 0 Å². The fourth-order valence-corrected chi connectivity index (χ4v) is 3.08. The van der Waals surface area contributed by atoms with E-state index in [0.29, 0.717) is 4.38 Å². The number of thioether (sulfide) groups is 2. The summed E-state index contributed by atoms with van der Waals surface area (Å²) in [7, 11) is 0. The molecule has 1 aliphatic heterocycles. The second kappa shape index (κ2) is 5.32. The van der Waals surface area contributed by atoms with Gasteiger partial charge in [-0.3, -0.25) is 9.59 Å². The van der Waals surface area contributed by atoms with Crippen LogP contribution in [0.15, 0.2) is 35.3 Å². The number of hydrogen-bond acceptors (Lipinski definition) is 4. The molecule has 1 aromatic rings. The summed E-state index contributed by atoms with van der Waals surface area (Å²) in [6.07, 6.45) is -0.0694. The number of carbonyl (C=O) groups is 2. The van der Waals surface area contributed by atoms with E-state index in [1.165, 1.54) is 11.8 Å². The van der Waals surface area contributed by atoms with Crippen LogP contribution in [0.5, 0.6) is 0 Å². The molecule has 0 atom stereocenters. The summed E-state index contributed by atoms with van der Waals surface area (Å²) in [6.45, 7) is 0. The van der Waals surface area contributed by atoms with Crippen LogP contribution in [-0.4, -0.2) is 15.4 Å². The summed E-state index contributed by atoms with van der Waals surface area (Å²) >= 11 is 2.49. The van der Waals surface area contributed by atoms with Crippen LogP contribution in [0.3, 0.4) is 0 Å². The number of carbonyl (C=O) groups excluding carboxylic acids is 2. The minimum atomic E-state index is -0.334. The van der Waals surface area contributed by atoms with Crippen molar-refractivity contribution in [3.8, 4) is 0 Å². The third-order valence-electron chi connectivity index (χ3n) is 1.92. The standard InChI is InChI=1S/C11H9NO2S2/c13-9-6-10(14)16-11(12-9)15-7-8-4-2-1-3-5-8/h1-5H,6-7H2. The largest absolute Gasteiger partial charge is 0.286 e. The van der Waals surface area contributed by atoms with Gasteiger partial charge in [-0.2, -0.15) is 4.99 Å². The lowest BCUT2D eigenvalue weighted by molar-refractivity contribution is -0.122. The highest BCUT2D eigenvalue weighted by atomic mass is 32.2. The lowest BCUT2D eigenvalue weighted by Gasteiger charge is -2.08. The predicted octanol–water partition coefficient (Wildman–Crippen LogP) is 2.47. The number of rotatable bonds is 2. The van der Waals surface area contributed by atoms with Gasteiger partial charge in [-0.15, -0.1) is 0 Å². The molecule has 1 amide bonds. The number of aliphatic imine (C=N–C) groups is 1. The van der Waals surface area contributed by atoms with E-state index in [2.05, 4.69) is 4.99 Å². The fraction of sp³-hybridized carbons (Fsp3) is 0.182. The Bertz CT molecular complexity index is 443. The van der Waals surface area contributed by atoms with Crippen molar-refractivity contribution >= 4 is 38.9 Å². The van der Waals surface area contributed by atoms with Crippen molar-refractivity contribution < 1.29 is 9.59 Å². The first kappa shape index (κ1) is 11.4. The molecule has 82 valence electrons. The molecule has 1 heterocycles. The minimum absolute atomic E-state index is 0.0694. The van der Waals surface area contributed by atoms with Crippen molar-refractivity contribution in [1.82, 2.24) is 0 Å². The van der Waals surface area contributed by atoms with E-state index >= 15 is 0 Å². The summed E-state index contributed by atoms with van der Waals surface area (Å²) in [5.74, 6) is 0.395. The topological polar surface area (TPSA) is 46.5 Å². The van der Waals surface area contributed by atoms with Crippen molar-refractivity contribution in [2.24, 2.45) is 4.99 Å². The first-order chi connectivity index (χ1) is 7.74. The third kappa shape index (κ3) is 3.21. The molecule has 1 aliphatic rings. The Labute approximate surface area is 102 Å². The molecule has 0 spiro atoms. The van der Waals surface area contributed by atoms with Gasteiger partial charge in [0.25, 0.3) is 5.91 Å². The van der Waals surface area contributed by atoms with E-state index in [0.717, 1.165) is 23.1 Å². The molecule has 0 N–H and O–H groups in total. The van der Waals surface area contributed by atoms with Crippen LogP contribution in [0.2, 0.25) is 0 Å². The zero-order chi connectivity index (χ0) is 11.4. The molecule has 0 saturated carbocycles. The number of hydrogen-bond donors (Lipinski definition) is 0. The molecule has 0 aromatic heterocycles. The van der Waals surface area contributed by atoms with E-state index in [1.807, 2.05) is 30.3 Å². The predicted molar refractivity (Wildman–Crippen MR) is 67.4 cm³/mol. The van der Waals surface area contributed by atoms with Crippen LogP contribution in [-0.2, 0) is 15.3 Å². The van der Waals surface area contributed by atoms with Crippen LogP contribution in [0.4, 0.5) is 0 Å². The lowest BCUT2D eigenvalue weighted by Crippen LogP contribution is -2.11. The summed E-state index contributed by atoms with van der Waals surface area (Å²) in [5.41, 5.74) is 1.15. The zero-order valence-corrected chi connectivity index (χ0v) is 10.0. The second-order valence-corrected chi connectivity index (χ2v) is 5.47. The van der Waals surface area contributed by atoms with Crippen LogP contribution >= 0.6 is 23.5 Å². The Balaban J connectivity index is 1.96. The van der Waals surface area contributed by atoms with Gasteiger partial charge in [0.05, 0.1) is 6.42 Å². The molecule has 0 radical (unpaired) electrons. The molecular formula is C11H9NO2S2. The quantitative estimate of drug-likeness (QED) is 0.757. The van der Waals surface area contributed by atoms with E-state index in [-0.39, 0.29) is 17.4 Å². The van der Waals surface area contributed by atoms with Crippen LogP contribution in [0.25, 0.3) is 0 Å². The lowest BCUT2D eigenvalue weighted by atomic mass is 10.2. The summed E-state index contributed by atoms with van der Waals surface area (Å²) in [4.78, 5) is 26.0. The van der Waals surface area contributed by atoms with Gasteiger partial charge in [0, 0.05) is 5.75 Å². The summed E-state index contributed by atoms with van der Waals surface area (Å²) < 4.78 is 0.560. The van der Waals surface area contributed by atoms with Gasteiger partial charge in [0.2, 0.25) is 5.12 Å². The highest BCUT2D eigenvalue weighted by Gasteiger charge is 2.20. The monoisotopic (exact) mass is 251 g/mol. The average Bonchev–Trinajstić information content (AvgIpc) is 2.27. The number of nitrogens with zero attached hydrogens (tertiary/aromatic N) is 1. The molecule has 16 heavy (non-hydrogen) atoms. The number of benzene rings is 1. The molecule has 0 saturated heterocycles. The highest BCUT2D eigenvalue weighted by molar-refractivity contribution is 8.44. The van der Waals surface area contributed by atoms with Gasteiger partial charge in [-0.1, -0.05) is 42.1 Å². The first-order valence-electron chi connectivity index (χ1n) is 4.73. The Morgan fingerprint density at radius 2 is 2.00 bits per heavy atom. The maximum atomic E-state index is 11.1. The van der Waals surface area contributed by atoms with E-state index in [4.69, 9.17) is 0 Å². The molecule has 1 aromatic carbocycles. The molecule has 0 fully saturated rings. The summed E-state index contributed by atoms with van der Waals surface area (Å²) in [6, 6.07) is 9.88. The third-order valence-corrected chi connectivity index (χ3v) is 3.98. The maximum absolute atomic E-state index is 11.1. The molecule has 0 aliphatic carbocycles. The van der Waals surface area contributed by atoms with Gasteiger partial charge < -0.3 is 0 Å². The molecule has 2 rings (SSSR count). The fourth-order valence-electron chi connectivity index (χ4n) is 1.20. The van der Waals surface area contributed by atoms with Gasteiger partial charge in [0.15, 0.2) is 0 Å². The highest BCUT2D eigenvalue weighted by Crippen LogP contribution is 2.26. The zero-order valence-electron chi connectivity index (χ0n) is 8.38. The van der Waals surface area contributed by atoms with Crippen LogP contribution in [0, 0.1) is 0 Å². The number of amides is 1. The average molecular weight is 251 g/mol. The normalized spacial score (nSPS) is 16.1. The smallest absolute Gasteiger partial charge is 0.255 e. The van der Waals surface area contributed by atoms with Gasteiger partial charge in [-0.25, -0.2) is 0 Å². The molecule has 0 unspecified atom stereocenters. The minimum Gasteiger partial charge on any atom is -0.286 e. The Morgan fingerprint density at radius 1 is 1.25 bits per heavy atom. The second-order valence-electron chi connectivity index (χ2n) is 3.20. The van der Waals surface area contributed by atoms with E-state index in [9.17, 15) is 9.59 Å². The van der Waals surface area contributed by atoms with Gasteiger partial charge in [0.1, 0.15) is 4.38 Å². The van der Waals surface area contributed by atoms with Crippen molar-refractivity contribution in [1.29, 1.82) is 0 Å². The van der Waals surface area contributed by atoms with Crippen LogP contribution < -0.4 is 0 Å². The van der Waals surface area contributed by atoms with Crippen LogP contribution in [0.1, 0.15) is 12.0 Å². The van der Waals surface area contributed by atoms with Gasteiger partial charge in [-0.05, 0) is 17.3 Å². The van der Waals surface area contributed by atoms with E-state index in [1.54, 1.807) is 0 Å². The molecule has 0 bridgehead atoms. The molecule has 5 heteroatoms. The van der Waals surface area contributed by atoms with Crippen molar-refractivity contribution in [2.45, 2.75) is 12.2 Å². The molecule has 3 nitrogen and oxygen atoms in total. The van der Waals surface area contributed by atoms with Crippen molar-refractivity contribution in [3.63, 3.8) is 0 Å². The summed E-state index contributed by atoms with van der Waals surface area (Å²) in [5, 5.41) is -0.115. The Kier molecular flexibility index (Phi) is 3.79. The maximum Gasteiger partial charge on any atom is 0.255 e. The van der Waals surface area contributed by atoms with Gasteiger partial charge >= 0.3 is 0 Å². The first-order valence-corrected chi connectivity index (χ1v) is 6.53. The Hall–Kier alpha value is -1.07. The van der Waals surface area contributed by atoms with Crippen molar-refractivity contribution in [2.75, 3.05) is 0 Å². The SMILES string of the molecule is O=C1CC(=O)SC(SCc2ccccc2)=N1. The molecular weight excluding hydrogens is 242 g/mol. The van der Waals surface area contributed by atoms with Crippen molar-refractivity contribution in [3.05, 3.63) is 35.9 Å².